The second kappa shape index (κ2) is 5.94. The molecule has 0 radical (unpaired) electrons. The molecule has 0 unspecified atom stereocenters. The van der Waals surface area contributed by atoms with Crippen molar-refractivity contribution in [3.8, 4) is 5.75 Å². The van der Waals surface area contributed by atoms with Gasteiger partial charge in [-0.15, -0.1) is 0 Å². The molecule has 3 aliphatic rings. The number of carbonyl (C=O) groups excluding carboxylic acids is 2. The van der Waals surface area contributed by atoms with Crippen LogP contribution in [0.5, 0.6) is 5.75 Å². The van der Waals surface area contributed by atoms with E-state index < -0.39 is 11.5 Å². The molecule has 140 valence electrons. The highest BCUT2D eigenvalue weighted by molar-refractivity contribution is 5.96. The van der Waals surface area contributed by atoms with Gasteiger partial charge in [0.05, 0.1) is 32.2 Å². The molecule has 0 saturated carbocycles. The highest BCUT2D eigenvalue weighted by Crippen LogP contribution is 2.49. The third-order valence-electron chi connectivity index (χ3n) is 5.92. The number of methoxy groups -OCH3 is 1. The predicted octanol–water partition coefficient (Wildman–Crippen LogP) is 2.03. The lowest BCUT2D eigenvalue weighted by Gasteiger charge is -2.34. The highest BCUT2D eigenvalue weighted by Gasteiger charge is 2.65. The molecule has 3 atom stereocenters. The zero-order chi connectivity index (χ0) is 18.6. The SMILES string of the molecule is COc1ccc(C(=O)N2CC[C@@]34OC[C@@H](C(C)C)N3C(=O)C[C@@H]24)cc1F. The van der Waals surface area contributed by atoms with Gasteiger partial charge in [-0.2, -0.15) is 0 Å². The van der Waals surface area contributed by atoms with Gasteiger partial charge in [-0.3, -0.25) is 9.59 Å². The van der Waals surface area contributed by atoms with Crippen molar-refractivity contribution in [3.05, 3.63) is 29.6 Å². The molecule has 3 saturated heterocycles. The first-order valence-electron chi connectivity index (χ1n) is 8.99. The van der Waals surface area contributed by atoms with Crippen LogP contribution < -0.4 is 4.74 Å². The Kier molecular flexibility index (Phi) is 3.95. The third kappa shape index (κ3) is 2.26. The van der Waals surface area contributed by atoms with E-state index in [1.54, 1.807) is 11.0 Å². The average molecular weight is 362 g/mol. The molecule has 0 N–H and O–H groups in total. The van der Waals surface area contributed by atoms with Gasteiger partial charge < -0.3 is 19.3 Å². The molecule has 6 nitrogen and oxygen atoms in total. The summed E-state index contributed by atoms with van der Waals surface area (Å²) in [6, 6.07) is 3.91. The molecule has 1 spiro atoms. The number of hydrogen-bond acceptors (Lipinski definition) is 4. The lowest BCUT2D eigenvalue weighted by Crippen LogP contribution is -2.51. The number of carbonyl (C=O) groups is 2. The number of amides is 2. The zero-order valence-electron chi connectivity index (χ0n) is 15.2. The standard InChI is InChI=1S/C19H23FN2O4/c1-11(2)14-10-26-19-6-7-21(16(19)9-17(23)22(14)19)18(24)12-4-5-15(25-3)13(20)8-12/h4-5,8,11,14,16H,6-7,9-10H2,1-3H3/t14-,16+,19-/m0/s1. The Labute approximate surface area is 151 Å². The fraction of sp³-hybridized carbons (Fsp3) is 0.579. The minimum Gasteiger partial charge on any atom is -0.494 e. The van der Waals surface area contributed by atoms with Crippen molar-refractivity contribution in [2.45, 2.75) is 44.5 Å². The van der Waals surface area contributed by atoms with Gasteiger partial charge in [0.2, 0.25) is 5.91 Å². The van der Waals surface area contributed by atoms with Crippen LogP contribution in [0, 0.1) is 11.7 Å². The maximum absolute atomic E-state index is 14.0. The van der Waals surface area contributed by atoms with E-state index in [0.29, 0.717) is 19.6 Å². The van der Waals surface area contributed by atoms with E-state index >= 15 is 0 Å². The Morgan fingerprint density at radius 3 is 2.85 bits per heavy atom. The normalized spacial score (nSPS) is 30.1. The molecule has 7 heteroatoms. The van der Waals surface area contributed by atoms with Gasteiger partial charge in [-0.05, 0) is 24.1 Å². The Balaban J connectivity index is 1.62. The first-order valence-corrected chi connectivity index (χ1v) is 8.99. The highest BCUT2D eigenvalue weighted by atomic mass is 19.1. The number of likely N-dealkylation sites (tertiary alicyclic amines) is 1. The Hall–Kier alpha value is -2.15. The van der Waals surface area contributed by atoms with Crippen LogP contribution in [0.1, 0.15) is 37.0 Å². The summed E-state index contributed by atoms with van der Waals surface area (Å²) in [4.78, 5) is 29.2. The minimum atomic E-state index is -0.716. The largest absolute Gasteiger partial charge is 0.494 e. The summed E-state index contributed by atoms with van der Waals surface area (Å²) < 4.78 is 25.0. The van der Waals surface area contributed by atoms with Crippen LogP contribution in [0.15, 0.2) is 18.2 Å². The summed E-state index contributed by atoms with van der Waals surface area (Å²) in [5, 5.41) is 0. The molecule has 1 aromatic carbocycles. The zero-order valence-corrected chi connectivity index (χ0v) is 15.2. The summed E-state index contributed by atoms with van der Waals surface area (Å²) in [6.45, 7) is 5.14. The van der Waals surface area contributed by atoms with Crippen molar-refractivity contribution >= 4 is 11.8 Å². The molecule has 3 aliphatic heterocycles. The van der Waals surface area contributed by atoms with Gasteiger partial charge in [0.25, 0.3) is 5.91 Å². The van der Waals surface area contributed by atoms with Crippen LogP contribution in [-0.2, 0) is 9.53 Å². The molecular formula is C19H23FN2O4. The summed E-state index contributed by atoms with van der Waals surface area (Å²) in [6.07, 6.45) is 0.852. The molecule has 26 heavy (non-hydrogen) atoms. The van der Waals surface area contributed by atoms with E-state index in [1.165, 1.54) is 19.2 Å². The van der Waals surface area contributed by atoms with Gasteiger partial charge in [0.1, 0.15) is 0 Å². The van der Waals surface area contributed by atoms with E-state index in [2.05, 4.69) is 13.8 Å². The van der Waals surface area contributed by atoms with E-state index in [9.17, 15) is 14.0 Å². The van der Waals surface area contributed by atoms with Crippen LogP contribution in [-0.4, -0.2) is 59.7 Å². The van der Waals surface area contributed by atoms with Gasteiger partial charge in [-0.25, -0.2) is 4.39 Å². The number of hydrogen-bond donors (Lipinski definition) is 0. The van der Waals surface area contributed by atoms with Crippen LogP contribution in [0.2, 0.25) is 0 Å². The molecule has 0 aliphatic carbocycles. The Morgan fingerprint density at radius 1 is 1.42 bits per heavy atom. The number of rotatable bonds is 3. The predicted molar refractivity (Wildman–Crippen MR) is 91.2 cm³/mol. The minimum absolute atomic E-state index is 0.0320. The van der Waals surface area contributed by atoms with E-state index in [4.69, 9.17) is 9.47 Å². The van der Waals surface area contributed by atoms with Gasteiger partial charge >= 0.3 is 0 Å². The maximum Gasteiger partial charge on any atom is 0.254 e. The summed E-state index contributed by atoms with van der Waals surface area (Å²) in [5.74, 6) is -0.435. The first-order chi connectivity index (χ1) is 12.4. The smallest absolute Gasteiger partial charge is 0.254 e. The van der Waals surface area contributed by atoms with Crippen molar-refractivity contribution in [2.75, 3.05) is 20.3 Å². The van der Waals surface area contributed by atoms with Crippen molar-refractivity contribution in [1.82, 2.24) is 9.80 Å². The van der Waals surface area contributed by atoms with Crippen molar-refractivity contribution < 1.29 is 23.5 Å². The van der Waals surface area contributed by atoms with Crippen molar-refractivity contribution in [1.29, 1.82) is 0 Å². The van der Waals surface area contributed by atoms with Gasteiger partial charge in [-0.1, -0.05) is 13.8 Å². The molecule has 3 heterocycles. The topological polar surface area (TPSA) is 59.1 Å². The summed E-state index contributed by atoms with van der Waals surface area (Å²) in [5.41, 5.74) is -0.461. The van der Waals surface area contributed by atoms with E-state index in [-0.39, 0.29) is 47.5 Å². The second-order valence-corrected chi connectivity index (χ2v) is 7.55. The average Bonchev–Trinajstić information content (AvgIpc) is 3.23. The fourth-order valence-electron chi connectivity index (χ4n) is 4.58. The Bertz CT molecular complexity index is 768. The quantitative estimate of drug-likeness (QED) is 0.826. The maximum atomic E-state index is 14.0. The van der Waals surface area contributed by atoms with Crippen LogP contribution in [0.25, 0.3) is 0 Å². The number of halogens is 1. The monoisotopic (exact) mass is 362 g/mol. The number of benzene rings is 1. The molecule has 3 fully saturated rings. The van der Waals surface area contributed by atoms with E-state index in [0.717, 1.165) is 0 Å². The second-order valence-electron chi connectivity index (χ2n) is 7.55. The fourth-order valence-corrected chi connectivity index (χ4v) is 4.58. The van der Waals surface area contributed by atoms with Crippen LogP contribution >= 0.6 is 0 Å². The lowest BCUT2D eigenvalue weighted by molar-refractivity contribution is -0.139. The molecule has 1 aromatic rings. The van der Waals surface area contributed by atoms with Crippen LogP contribution in [0.3, 0.4) is 0 Å². The van der Waals surface area contributed by atoms with Crippen molar-refractivity contribution in [3.63, 3.8) is 0 Å². The summed E-state index contributed by atoms with van der Waals surface area (Å²) >= 11 is 0. The summed E-state index contributed by atoms with van der Waals surface area (Å²) in [7, 11) is 1.38. The molecule has 2 amide bonds. The van der Waals surface area contributed by atoms with Crippen LogP contribution in [0.4, 0.5) is 4.39 Å². The molecular weight excluding hydrogens is 339 g/mol. The molecule has 4 rings (SSSR count). The molecule has 0 aromatic heterocycles. The molecule has 0 bridgehead atoms. The van der Waals surface area contributed by atoms with Crippen molar-refractivity contribution in [2.24, 2.45) is 5.92 Å². The van der Waals surface area contributed by atoms with Gasteiger partial charge in [0, 0.05) is 18.5 Å². The van der Waals surface area contributed by atoms with Gasteiger partial charge in [0.15, 0.2) is 17.3 Å². The number of nitrogens with zero attached hydrogens (tertiary/aromatic N) is 2. The first kappa shape index (κ1) is 17.3. The number of ether oxygens (including phenoxy) is 2. The third-order valence-corrected chi connectivity index (χ3v) is 5.92. The lowest BCUT2D eigenvalue weighted by atomic mass is 10.0. The van der Waals surface area contributed by atoms with E-state index in [1.807, 2.05) is 4.90 Å². The Morgan fingerprint density at radius 2 is 2.19 bits per heavy atom.